The van der Waals surface area contributed by atoms with Crippen molar-refractivity contribution in [3.63, 3.8) is 0 Å². The van der Waals surface area contributed by atoms with Crippen LogP contribution in [0.3, 0.4) is 0 Å². The van der Waals surface area contributed by atoms with Crippen LogP contribution in [0.15, 0.2) is 42.5 Å². The van der Waals surface area contributed by atoms with Crippen molar-refractivity contribution >= 4 is 6.09 Å². The molecule has 3 unspecified atom stereocenters. The van der Waals surface area contributed by atoms with Gasteiger partial charge in [0.15, 0.2) is 0 Å². The first kappa shape index (κ1) is 12.3. The smallest absolute Gasteiger partial charge is 0.410 e. The molecule has 1 aliphatic carbocycles. The highest BCUT2D eigenvalue weighted by Gasteiger charge is 2.40. The fourth-order valence-corrected chi connectivity index (χ4v) is 3.34. The van der Waals surface area contributed by atoms with Crippen LogP contribution in [-0.2, 0) is 11.2 Å². The summed E-state index contributed by atoms with van der Waals surface area (Å²) in [6.07, 6.45) is 6.44. The van der Waals surface area contributed by atoms with E-state index >= 15 is 0 Å². The van der Waals surface area contributed by atoms with E-state index in [0.717, 1.165) is 13.0 Å². The summed E-state index contributed by atoms with van der Waals surface area (Å²) in [4.78, 5) is 13.7. The third-order valence-electron chi connectivity index (χ3n) is 4.21. The Balaban J connectivity index is 1.77. The Bertz CT molecular complexity index is 483. The van der Waals surface area contributed by atoms with Crippen molar-refractivity contribution in [2.24, 2.45) is 11.8 Å². The van der Waals surface area contributed by atoms with Crippen molar-refractivity contribution in [3.8, 4) is 0 Å². The molecule has 4 rings (SSSR count). The number of benzene rings is 1. The van der Waals surface area contributed by atoms with Crippen LogP contribution in [0, 0.1) is 11.8 Å². The minimum atomic E-state index is -0.197. The lowest BCUT2D eigenvalue weighted by Crippen LogP contribution is -2.53. The minimum Gasteiger partial charge on any atom is -0.453 e. The van der Waals surface area contributed by atoms with Gasteiger partial charge in [-0.15, -0.1) is 0 Å². The highest BCUT2D eigenvalue weighted by molar-refractivity contribution is 5.68. The lowest BCUT2D eigenvalue weighted by Gasteiger charge is -2.45. The predicted molar refractivity (Wildman–Crippen MR) is 73.8 cm³/mol. The molecule has 0 radical (unpaired) electrons. The summed E-state index contributed by atoms with van der Waals surface area (Å²) in [6, 6.07) is 10.7. The molecular formula is C16H19NO2. The molecule has 2 heterocycles. The van der Waals surface area contributed by atoms with Gasteiger partial charge in [-0.1, -0.05) is 42.5 Å². The minimum absolute atomic E-state index is 0.192. The van der Waals surface area contributed by atoms with Gasteiger partial charge in [0.05, 0.1) is 13.2 Å². The number of amides is 1. The largest absolute Gasteiger partial charge is 0.453 e. The van der Waals surface area contributed by atoms with E-state index in [2.05, 4.69) is 36.4 Å². The number of rotatable bonds is 2. The quantitative estimate of drug-likeness (QED) is 0.762. The molecule has 100 valence electrons. The normalized spacial score (nSPS) is 28.5. The molecule has 0 aromatic heterocycles. The SMILES string of the molecule is COC(=O)N1CC2C=CC1C(Cc1ccccc1)C2. The van der Waals surface area contributed by atoms with Crippen molar-refractivity contribution in [3.05, 3.63) is 48.0 Å². The van der Waals surface area contributed by atoms with Crippen LogP contribution < -0.4 is 0 Å². The molecule has 1 saturated heterocycles. The Kier molecular flexibility index (Phi) is 3.28. The van der Waals surface area contributed by atoms with Gasteiger partial charge >= 0.3 is 6.09 Å². The molecular weight excluding hydrogens is 238 g/mol. The molecule has 1 fully saturated rings. The van der Waals surface area contributed by atoms with Crippen molar-refractivity contribution in [1.29, 1.82) is 0 Å². The van der Waals surface area contributed by atoms with Crippen LogP contribution in [0.4, 0.5) is 4.79 Å². The summed E-state index contributed by atoms with van der Waals surface area (Å²) >= 11 is 0. The first-order chi connectivity index (χ1) is 9.28. The first-order valence-electron chi connectivity index (χ1n) is 6.85. The average molecular weight is 257 g/mol. The molecule has 3 nitrogen and oxygen atoms in total. The third-order valence-corrected chi connectivity index (χ3v) is 4.21. The number of fused-ring (bicyclic) bond motifs is 2. The maximum atomic E-state index is 11.8. The molecule has 0 N–H and O–H groups in total. The van der Waals surface area contributed by atoms with E-state index in [1.165, 1.54) is 19.1 Å². The van der Waals surface area contributed by atoms with Crippen molar-refractivity contribution in [2.75, 3.05) is 13.7 Å². The highest BCUT2D eigenvalue weighted by atomic mass is 16.5. The maximum absolute atomic E-state index is 11.8. The van der Waals surface area contributed by atoms with Crippen LogP contribution in [0.2, 0.25) is 0 Å². The molecule has 1 aromatic carbocycles. The van der Waals surface area contributed by atoms with Crippen LogP contribution in [-0.4, -0.2) is 30.7 Å². The Morgan fingerprint density at radius 1 is 1.32 bits per heavy atom. The van der Waals surface area contributed by atoms with E-state index < -0.39 is 0 Å². The van der Waals surface area contributed by atoms with E-state index in [0.29, 0.717) is 11.8 Å². The van der Waals surface area contributed by atoms with E-state index in [1.807, 2.05) is 11.0 Å². The zero-order valence-corrected chi connectivity index (χ0v) is 11.2. The van der Waals surface area contributed by atoms with Crippen LogP contribution in [0.25, 0.3) is 0 Å². The van der Waals surface area contributed by atoms with E-state index in [9.17, 15) is 4.79 Å². The van der Waals surface area contributed by atoms with E-state index in [-0.39, 0.29) is 12.1 Å². The molecule has 1 aromatic rings. The summed E-state index contributed by atoms with van der Waals surface area (Å²) in [6.45, 7) is 0.805. The fraction of sp³-hybridized carbons (Fsp3) is 0.438. The third kappa shape index (κ3) is 2.37. The number of nitrogens with zero attached hydrogens (tertiary/aromatic N) is 1. The molecule has 1 amide bonds. The average Bonchev–Trinajstić information content (AvgIpc) is 2.48. The van der Waals surface area contributed by atoms with Gasteiger partial charge in [0.1, 0.15) is 0 Å². The van der Waals surface area contributed by atoms with Gasteiger partial charge in [0.25, 0.3) is 0 Å². The lowest BCUT2D eigenvalue weighted by molar-refractivity contribution is 0.0609. The molecule has 19 heavy (non-hydrogen) atoms. The Morgan fingerprint density at radius 3 is 2.79 bits per heavy atom. The fourth-order valence-electron chi connectivity index (χ4n) is 3.34. The summed E-state index contributed by atoms with van der Waals surface area (Å²) in [5.74, 6) is 0.989. The van der Waals surface area contributed by atoms with Gasteiger partial charge in [-0.3, -0.25) is 0 Å². The predicted octanol–water partition coefficient (Wildman–Crippen LogP) is 2.87. The van der Waals surface area contributed by atoms with Crippen LogP contribution in [0.5, 0.6) is 0 Å². The summed E-state index contributed by atoms with van der Waals surface area (Å²) in [5.41, 5.74) is 1.35. The molecule has 0 saturated carbocycles. The number of piperidine rings is 1. The van der Waals surface area contributed by atoms with Gasteiger partial charge < -0.3 is 9.64 Å². The second-order valence-electron chi connectivity index (χ2n) is 5.44. The molecule has 2 bridgehead atoms. The molecule has 3 atom stereocenters. The van der Waals surface area contributed by atoms with Gasteiger partial charge in [0, 0.05) is 6.54 Å². The number of carbonyl (C=O) groups is 1. The highest BCUT2D eigenvalue weighted by Crippen LogP contribution is 2.36. The van der Waals surface area contributed by atoms with Gasteiger partial charge in [-0.2, -0.15) is 0 Å². The van der Waals surface area contributed by atoms with E-state index in [4.69, 9.17) is 4.74 Å². The molecule has 3 aliphatic rings. The van der Waals surface area contributed by atoms with E-state index in [1.54, 1.807) is 0 Å². The second kappa shape index (κ2) is 5.08. The summed E-state index contributed by atoms with van der Waals surface area (Å²) in [5, 5.41) is 0. The number of ether oxygens (including phenoxy) is 1. The summed E-state index contributed by atoms with van der Waals surface area (Å²) < 4.78 is 4.89. The lowest BCUT2D eigenvalue weighted by atomic mass is 9.75. The second-order valence-corrected chi connectivity index (χ2v) is 5.44. The standard InChI is InChI=1S/C16H19NO2/c1-19-16(18)17-11-13-7-8-15(17)14(10-13)9-12-5-3-2-4-6-12/h2-8,13-15H,9-11H2,1H3. The van der Waals surface area contributed by atoms with Crippen molar-refractivity contribution in [1.82, 2.24) is 4.90 Å². The number of carbonyl (C=O) groups excluding carboxylic acids is 1. The Labute approximate surface area is 113 Å². The monoisotopic (exact) mass is 257 g/mol. The topological polar surface area (TPSA) is 29.5 Å². The van der Waals surface area contributed by atoms with Crippen LogP contribution >= 0.6 is 0 Å². The maximum Gasteiger partial charge on any atom is 0.410 e. The zero-order valence-electron chi connectivity index (χ0n) is 11.2. The molecule has 3 heteroatoms. The first-order valence-corrected chi connectivity index (χ1v) is 6.85. The summed E-state index contributed by atoms with van der Waals surface area (Å²) in [7, 11) is 1.46. The van der Waals surface area contributed by atoms with Crippen molar-refractivity contribution in [2.45, 2.75) is 18.9 Å². The van der Waals surface area contributed by atoms with Gasteiger partial charge in [-0.25, -0.2) is 4.79 Å². The number of methoxy groups -OCH3 is 1. The Hall–Kier alpha value is -1.77. The molecule has 0 spiro atoms. The van der Waals surface area contributed by atoms with Gasteiger partial charge in [-0.05, 0) is 30.2 Å². The Morgan fingerprint density at radius 2 is 2.11 bits per heavy atom. The van der Waals surface area contributed by atoms with Crippen LogP contribution in [0.1, 0.15) is 12.0 Å². The van der Waals surface area contributed by atoms with Crippen molar-refractivity contribution < 1.29 is 9.53 Å². The number of hydrogen-bond donors (Lipinski definition) is 0. The number of hydrogen-bond acceptors (Lipinski definition) is 2. The zero-order chi connectivity index (χ0) is 13.2. The van der Waals surface area contributed by atoms with Gasteiger partial charge in [0.2, 0.25) is 0 Å². The molecule has 2 aliphatic heterocycles.